The molecule has 188 valence electrons. The highest BCUT2D eigenvalue weighted by Crippen LogP contribution is 2.44. The number of aryl methyl sites for hydroxylation is 1. The topological polar surface area (TPSA) is 99.2 Å². The molecule has 9 heteroatoms. The van der Waals surface area contributed by atoms with Crippen LogP contribution < -0.4 is 15.8 Å². The van der Waals surface area contributed by atoms with Crippen molar-refractivity contribution < 1.29 is 14.3 Å². The first kappa shape index (κ1) is 23.9. The molecule has 3 N–H and O–H groups in total. The van der Waals surface area contributed by atoms with E-state index in [-0.39, 0.29) is 5.91 Å². The van der Waals surface area contributed by atoms with Crippen LogP contribution in [-0.2, 0) is 7.05 Å². The highest BCUT2D eigenvalue weighted by molar-refractivity contribution is 7.18. The predicted molar refractivity (Wildman–Crippen MR) is 156 cm³/mol. The van der Waals surface area contributed by atoms with Crippen molar-refractivity contribution in [3.8, 4) is 28.0 Å². The minimum Gasteiger partial charge on any atom is -0.495 e. The van der Waals surface area contributed by atoms with Crippen LogP contribution in [0.15, 0.2) is 71.6 Å². The van der Waals surface area contributed by atoms with Crippen molar-refractivity contribution in [2.45, 2.75) is 0 Å². The lowest BCUT2D eigenvalue weighted by Gasteiger charge is -2.13. The number of ether oxygens (including phenoxy) is 1. The Morgan fingerprint density at radius 3 is 2.71 bits per heavy atom. The number of thiophene rings is 2. The van der Waals surface area contributed by atoms with E-state index in [1.165, 1.54) is 11.3 Å². The van der Waals surface area contributed by atoms with Crippen LogP contribution in [0.3, 0.4) is 0 Å². The number of amides is 1. The number of carbonyl (C=O) groups excluding carboxylic acids is 2. The lowest BCUT2D eigenvalue weighted by Crippen LogP contribution is -2.16. The summed E-state index contributed by atoms with van der Waals surface area (Å²) < 4.78 is 8.50. The smallest absolute Gasteiger partial charge is 0.272 e. The summed E-state index contributed by atoms with van der Waals surface area (Å²) in [5.41, 5.74) is 11.9. The van der Waals surface area contributed by atoms with Crippen LogP contribution in [0.2, 0.25) is 0 Å². The second-order valence-corrected chi connectivity index (χ2v) is 10.6. The molecule has 0 saturated heterocycles. The summed E-state index contributed by atoms with van der Waals surface area (Å²) in [5.74, 6) is 0.711. The fourth-order valence-electron chi connectivity index (χ4n) is 4.76. The lowest BCUT2D eigenvalue weighted by atomic mass is 10.0. The summed E-state index contributed by atoms with van der Waals surface area (Å²) in [4.78, 5) is 29.8. The summed E-state index contributed by atoms with van der Waals surface area (Å²) in [5, 5.41) is 8.74. The van der Waals surface area contributed by atoms with Gasteiger partial charge in [-0.3, -0.25) is 9.59 Å². The highest BCUT2D eigenvalue weighted by atomic mass is 32.1. The maximum Gasteiger partial charge on any atom is 0.272 e. The SMILES string of the molecule is COc1cc(-c2csc3c(-c4ccsc4C=O)cnc(N)c23)ccc1NC(=O)c1cc2ccccc2n1C. The van der Waals surface area contributed by atoms with Crippen LogP contribution >= 0.6 is 22.7 Å². The molecule has 0 saturated carbocycles. The fraction of sp³-hybridized carbons (Fsp3) is 0.0690. The molecule has 4 heterocycles. The summed E-state index contributed by atoms with van der Waals surface area (Å²) in [7, 11) is 3.45. The van der Waals surface area contributed by atoms with Gasteiger partial charge in [-0.05, 0) is 46.7 Å². The van der Waals surface area contributed by atoms with Gasteiger partial charge in [0.1, 0.15) is 17.3 Å². The molecule has 2 aromatic carbocycles. The zero-order valence-electron chi connectivity index (χ0n) is 20.5. The standard InChI is InChI=1S/C29H22N4O3S2/c1-33-22-6-4-3-5-17(22)11-23(33)29(35)32-21-8-7-16(12-24(21)36-2)20-15-38-27-19(13-31-28(30)26(20)27)18-9-10-37-25(18)14-34/h3-15H,1-2H3,(H2,30,31)(H,32,35). The molecule has 1 amide bonds. The first-order valence-corrected chi connectivity index (χ1v) is 13.5. The van der Waals surface area contributed by atoms with Gasteiger partial charge < -0.3 is 20.4 Å². The molecule has 0 unspecified atom stereocenters. The van der Waals surface area contributed by atoms with Gasteiger partial charge in [0.05, 0.1) is 17.7 Å². The average Bonchev–Trinajstić information content (AvgIpc) is 3.67. The number of nitrogens with one attached hydrogen (secondary N) is 1. The maximum atomic E-state index is 13.2. The number of benzene rings is 2. The monoisotopic (exact) mass is 538 g/mol. The number of aromatic nitrogens is 2. The molecule has 38 heavy (non-hydrogen) atoms. The zero-order chi connectivity index (χ0) is 26.4. The van der Waals surface area contributed by atoms with E-state index in [1.54, 1.807) is 24.6 Å². The van der Waals surface area contributed by atoms with Crippen molar-refractivity contribution in [3.63, 3.8) is 0 Å². The molecule has 0 spiro atoms. The maximum absolute atomic E-state index is 13.2. The van der Waals surface area contributed by atoms with E-state index >= 15 is 0 Å². The Bertz CT molecular complexity index is 1860. The average molecular weight is 539 g/mol. The first-order chi connectivity index (χ1) is 18.5. The van der Waals surface area contributed by atoms with Gasteiger partial charge in [-0.15, -0.1) is 22.7 Å². The molecule has 0 fully saturated rings. The lowest BCUT2D eigenvalue weighted by molar-refractivity contribution is 0.101. The summed E-state index contributed by atoms with van der Waals surface area (Å²) in [6.45, 7) is 0. The Kier molecular flexibility index (Phi) is 5.94. The van der Waals surface area contributed by atoms with Crippen molar-refractivity contribution in [3.05, 3.63) is 82.1 Å². The second kappa shape index (κ2) is 9.44. The van der Waals surface area contributed by atoms with Crippen LogP contribution in [-0.4, -0.2) is 28.9 Å². The molecule has 4 aromatic heterocycles. The summed E-state index contributed by atoms with van der Waals surface area (Å²) in [6, 6.07) is 17.3. The van der Waals surface area contributed by atoms with Crippen LogP contribution in [0, 0.1) is 0 Å². The number of rotatable bonds is 6. The largest absolute Gasteiger partial charge is 0.495 e. The van der Waals surface area contributed by atoms with E-state index in [0.717, 1.165) is 49.5 Å². The molecule has 0 aliphatic rings. The van der Waals surface area contributed by atoms with Gasteiger partial charge in [0.2, 0.25) is 0 Å². The number of nitrogens with zero attached hydrogens (tertiary/aromatic N) is 2. The van der Waals surface area contributed by atoms with Crippen LogP contribution in [0.1, 0.15) is 20.2 Å². The molecular weight excluding hydrogens is 516 g/mol. The Balaban J connectivity index is 1.38. The Morgan fingerprint density at radius 2 is 1.92 bits per heavy atom. The number of hydrogen-bond acceptors (Lipinski definition) is 7. The predicted octanol–water partition coefficient (Wildman–Crippen LogP) is 6.84. The molecule has 0 bridgehead atoms. The highest BCUT2D eigenvalue weighted by Gasteiger charge is 2.20. The fourth-order valence-corrected chi connectivity index (χ4v) is 6.58. The van der Waals surface area contributed by atoms with Crippen molar-refractivity contribution >= 4 is 67.4 Å². The van der Waals surface area contributed by atoms with E-state index in [4.69, 9.17) is 10.5 Å². The number of methoxy groups -OCH3 is 1. The molecule has 7 nitrogen and oxygen atoms in total. The number of aldehydes is 1. The molecule has 0 atom stereocenters. The number of pyridine rings is 1. The second-order valence-electron chi connectivity index (χ2n) is 8.74. The molecule has 0 aliphatic heterocycles. The molecule has 0 aliphatic carbocycles. The molecule has 0 radical (unpaired) electrons. The van der Waals surface area contributed by atoms with Gasteiger partial charge >= 0.3 is 0 Å². The van der Waals surface area contributed by atoms with E-state index < -0.39 is 0 Å². The number of anilines is 2. The van der Waals surface area contributed by atoms with Gasteiger partial charge in [-0.2, -0.15) is 0 Å². The van der Waals surface area contributed by atoms with E-state index in [0.29, 0.717) is 27.8 Å². The molecule has 6 aromatic rings. The summed E-state index contributed by atoms with van der Waals surface area (Å²) >= 11 is 2.95. The van der Waals surface area contributed by atoms with E-state index in [9.17, 15) is 9.59 Å². The number of nitrogens with two attached hydrogens (primary N) is 1. The number of nitrogen functional groups attached to an aromatic ring is 1. The Morgan fingerprint density at radius 1 is 1.08 bits per heavy atom. The van der Waals surface area contributed by atoms with Crippen molar-refractivity contribution in [2.75, 3.05) is 18.2 Å². The third-order valence-corrected chi connectivity index (χ3v) is 8.52. The number of fused-ring (bicyclic) bond motifs is 2. The minimum atomic E-state index is -0.226. The molecular formula is C29H22N4O3S2. The van der Waals surface area contributed by atoms with Gasteiger partial charge in [0, 0.05) is 50.9 Å². The number of carbonyl (C=O) groups is 2. The van der Waals surface area contributed by atoms with Gasteiger partial charge in [0.15, 0.2) is 6.29 Å². The minimum absolute atomic E-state index is 0.226. The Hall–Kier alpha value is -4.47. The van der Waals surface area contributed by atoms with Gasteiger partial charge in [-0.25, -0.2) is 4.98 Å². The zero-order valence-corrected chi connectivity index (χ0v) is 22.2. The van der Waals surface area contributed by atoms with E-state index in [1.807, 2.05) is 77.0 Å². The Labute approximate surface area is 226 Å². The summed E-state index contributed by atoms with van der Waals surface area (Å²) in [6.07, 6.45) is 2.59. The van der Waals surface area contributed by atoms with Crippen LogP contribution in [0.4, 0.5) is 11.5 Å². The number of hydrogen-bond donors (Lipinski definition) is 2. The van der Waals surface area contributed by atoms with Crippen molar-refractivity contribution in [2.24, 2.45) is 7.05 Å². The van der Waals surface area contributed by atoms with Gasteiger partial charge in [0.25, 0.3) is 5.91 Å². The van der Waals surface area contributed by atoms with Gasteiger partial charge in [-0.1, -0.05) is 24.3 Å². The third kappa shape index (κ3) is 3.84. The quantitative estimate of drug-likeness (QED) is 0.226. The first-order valence-electron chi connectivity index (χ1n) is 11.7. The normalized spacial score (nSPS) is 11.2. The van der Waals surface area contributed by atoms with Crippen LogP contribution in [0.25, 0.3) is 43.2 Å². The van der Waals surface area contributed by atoms with Crippen LogP contribution in [0.5, 0.6) is 5.75 Å². The molecule has 6 rings (SSSR count). The van der Waals surface area contributed by atoms with Crippen molar-refractivity contribution in [1.29, 1.82) is 0 Å². The third-order valence-electron chi connectivity index (χ3n) is 6.66. The number of para-hydroxylation sites is 1. The van der Waals surface area contributed by atoms with Crippen molar-refractivity contribution in [1.82, 2.24) is 9.55 Å². The van der Waals surface area contributed by atoms with E-state index in [2.05, 4.69) is 10.3 Å².